The smallest absolute Gasteiger partial charge is 0.410 e. The molecule has 1 atom stereocenters. The molecule has 1 aliphatic heterocycles. The Morgan fingerprint density at radius 2 is 2.00 bits per heavy atom. The Morgan fingerprint density at radius 3 is 2.62 bits per heavy atom. The van der Waals surface area contributed by atoms with Gasteiger partial charge in [0.05, 0.1) is 16.6 Å². The molecule has 1 aromatic carbocycles. The molecule has 0 aromatic heterocycles. The van der Waals surface area contributed by atoms with Gasteiger partial charge in [0.2, 0.25) is 5.91 Å². The molecule has 0 bridgehead atoms. The number of carbonyl (C=O) groups is 2. The van der Waals surface area contributed by atoms with Crippen LogP contribution in [-0.4, -0.2) is 35.6 Å². The lowest BCUT2D eigenvalue weighted by Crippen LogP contribution is -2.50. The molecule has 1 heterocycles. The van der Waals surface area contributed by atoms with Crippen molar-refractivity contribution in [3.63, 3.8) is 0 Å². The van der Waals surface area contributed by atoms with Crippen LogP contribution < -0.4 is 10.9 Å². The molecule has 6 nitrogen and oxygen atoms in total. The lowest BCUT2D eigenvalue weighted by molar-refractivity contribution is -0.124. The molecule has 1 aliphatic rings. The number of ether oxygens (including phenoxy) is 1. The van der Waals surface area contributed by atoms with E-state index >= 15 is 0 Å². The maximum atomic E-state index is 12.7. The van der Waals surface area contributed by atoms with Gasteiger partial charge >= 0.3 is 6.09 Å². The van der Waals surface area contributed by atoms with E-state index in [0.717, 1.165) is 11.4 Å². The van der Waals surface area contributed by atoms with Gasteiger partial charge in [-0.05, 0) is 45.7 Å². The van der Waals surface area contributed by atoms with Crippen molar-refractivity contribution in [2.24, 2.45) is 11.8 Å². The van der Waals surface area contributed by atoms with Crippen LogP contribution in [0.15, 0.2) is 24.3 Å². The Morgan fingerprint density at radius 1 is 1.33 bits per heavy atom. The minimum Gasteiger partial charge on any atom is -0.444 e. The third-order valence-electron chi connectivity index (χ3n) is 3.77. The number of rotatable bonds is 2. The minimum atomic E-state index is -0.564. The molecular formula is C17H24ClN3O3. The third-order valence-corrected chi connectivity index (χ3v) is 4.09. The topological polar surface area (TPSA) is 75.9 Å². The van der Waals surface area contributed by atoms with Gasteiger partial charge < -0.3 is 9.64 Å². The summed E-state index contributed by atoms with van der Waals surface area (Å²) < 4.78 is 5.38. The molecule has 7 heteroatoms. The summed E-state index contributed by atoms with van der Waals surface area (Å²) in [6.07, 6.45) is 1.00. The summed E-state index contributed by atoms with van der Waals surface area (Å²) in [7, 11) is 0. The monoisotopic (exact) mass is 353 g/mol. The number of amides is 2. The molecule has 2 N–H and O–H groups in total. The van der Waals surface area contributed by atoms with Crippen molar-refractivity contribution in [2.45, 2.75) is 39.2 Å². The Labute approximate surface area is 147 Å². The van der Waals surface area contributed by atoms with E-state index in [0.29, 0.717) is 30.2 Å². The van der Waals surface area contributed by atoms with Gasteiger partial charge in [-0.15, -0.1) is 0 Å². The Bertz CT molecular complexity index is 615. The van der Waals surface area contributed by atoms with Crippen LogP contribution in [0.5, 0.6) is 0 Å². The van der Waals surface area contributed by atoms with Crippen LogP contribution in [0.3, 0.4) is 0 Å². The molecule has 1 saturated heterocycles. The predicted octanol–water partition coefficient (Wildman–Crippen LogP) is 3.19. The second-order valence-electron chi connectivity index (χ2n) is 6.93. The van der Waals surface area contributed by atoms with Gasteiger partial charge in [0.1, 0.15) is 5.60 Å². The van der Waals surface area contributed by atoms with Crippen LogP contribution in [0.25, 0.3) is 0 Å². The Hall–Kier alpha value is -1.79. The van der Waals surface area contributed by atoms with Gasteiger partial charge in [0.15, 0.2) is 0 Å². The first-order valence-corrected chi connectivity index (χ1v) is 8.38. The van der Waals surface area contributed by atoms with Crippen molar-refractivity contribution in [1.82, 2.24) is 4.90 Å². The quantitative estimate of drug-likeness (QED) is 0.503. The zero-order valence-electron chi connectivity index (χ0n) is 14.3. The molecule has 1 unspecified atom stereocenters. The van der Waals surface area contributed by atoms with Crippen LogP contribution >= 0.6 is 11.6 Å². The van der Waals surface area contributed by atoms with E-state index in [-0.39, 0.29) is 11.8 Å². The van der Waals surface area contributed by atoms with Gasteiger partial charge in [0, 0.05) is 13.1 Å². The van der Waals surface area contributed by atoms with Crippen molar-refractivity contribution in [3.8, 4) is 0 Å². The number of hydrogen-bond donors (Lipinski definition) is 1. The van der Waals surface area contributed by atoms with Crippen molar-refractivity contribution in [3.05, 3.63) is 29.3 Å². The second kappa shape index (κ2) is 7.40. The largest absolute Gasteiger partial charge is 0.444 e. The highest BCUT2D eigenvalue weighted by Crippen LogP contribution is 2.27. The van der Waals surface area contributed by atoms with E-state index in [1.54, 1.807) is 29.2 Å². The molecule has 0 spiro atoms. The summed E-state index contributed by atoms with van der Waals surface area (Å²) in [4.78, 5) is 26.4. The summed E-state index contributed by atoms with van der Waals surface area (Å²) in [6.45, 7) is 6.32. The third kappa shape index (κ3) is 4.61. The molecular weight excluding hydrogens is 330 g/mol. The standard InChI is InChI=1S/C17H24ClN3O3/c1-17(2,3)24-16(23)20-10-6-7-12(11-20)15(22)21(19)14-9-5-4-8-13(14)18/h4-5,8-9,12H,6-7,10-11,19H2,1-3H3. The number of hydrogen-bond acceptors (Lipinski definition) is 4. The fourth-order valence-electron chi connectivity index (χ4n) is 2.63. The lowest BCUT2D eigenvalue weighted by atomic mass is 9.97. The molecule has 24 heavy (non-hydrogen) atoms. The normalized spacial score (nSPS) is 18.2. The predicted molar refractivity (Wildman–Crippen MR) is 93.7 cm³/mol. The first-order chi connectivity index (χ1) is 11.2. The number of anilines is 1. The zero-order chi connectivity index (χ0) is 17.9. The number of benzene rings is 1. The Balaban J connectivity index is 2.05. The average molecular weight is 354 g/mol. The number of carbonyl (C=O) groups excluding carboxylic acids is 2. The SMILES string of the molecule is CC(C)(C)OC(=O)N1CCCC(C(=O)N(N)c2ccccc2Cl)C1. The van der Waals surface area contributed by atoms with Gasteiger partial charge in [-0.1, -0.05) is 23.7 Å². The van der Waals surface area contributed by atoms with E-state index in [1.165, 1.54) is 0 Å². The average Bonchev–Trinajstić information content (AvgIpc) is 2.52. The van der Waals surface area contributed by atoms with Gasteiger partial charge in [-0.2, -0.15) is 0 Å². The summed E-state index contributed by atoms with van der Waals surface area (Å²) in [5.74, 6) is 5.34. The van der Waals surface area contributed by atoms with Crippen LogP contribution in [-0.2, 0) is 9.53 Å². The summed E-state index contributed by atoms with van der Waals surface area (Å²) in [6, 6.07) is 6.91. The molecule has 2 rings (SSSR count). The highest BCUT2D eigenvalue weighted by atomic mass is 35.5. The molecule has 0 aliphatic carbocycles. The highest BCUT2D eigenvalue weighted by Gasteiger charge is 2.33. The van der Waals surface area contributed by atoms with E-state index in [1.807, 2.05) is 20.8 Å². The molecule has 1 aromatic rings. The molecule has 1 fully saturated rings. The van der Waals surface area contributed by atoms with Crippen LogP contribution in [0.4, 0.5) is 10.5 Å². The summed E-state index contributed by atoms with van der Waals surface area (Å²) in [5.41, 5.74) is -0.107. The molecule has 0 radical (unpaired) electrons. The number of piperidine rings is 1. The highest BCUT2D eigenvalue weighted by molar-refractivity contribution is 6.33. The molecule has 2 amide bonds. The number of likely N-dealkylation sites (tertiary alicyclic amines) is 1. The van der Waals surface area contributed by atoms with E-state index in [9.17, 15) is 9.59 Å². The Kier molecular flexibility index (Phi) is 5.72. The van der Waals surface area contributed by atoms with Gasteiger partial charge in [-0.25, -0.2) is 15.6 Å². The molecule has 132 valence electrons. The van der Waals surface area contributed by atoms with Crippen LogP contribution in [0, 0.1) is 5.92 Å². The first kappa shape index (κ1) is 18.5. The summed E-state index contributed by atoms with van der Waals surface area (Å²) >= 11 is 6.10. The van der Waals surface area contributed by atoms with Crippen molar-refractivity contribution in [2.75, 3.05) is 18.1 Å². The lowest BCUT2D eigenvalue weighted by Gasteiger charge is -2.34. The second-order valence-corrected chi connectivity index (χ2v) is 7.33. The van der Waals surface area contributed by atoms with Crippen LogP contribution in [0.2, 0.25) is 5.02 Å². The molecule has 0 saturated carbocycles. The van der Waals surface area contributed by atoms with Crippen molar-refractivity contribution in [1.29, 1.82) is 0 Å². The van der Waals surface area contributed by atoms with Crippen molar-refractivity contribution < 1.29 is 14.3 Å². The maximum Gasteiger partial charge on any atom is 0.410 e. The number of halogens is 1. The van der Waals surface area contributed by atoms with Crippen LogP contribution in [0.1, 0.15) is 33.6 Å². The van der Waals surface area contributed by atoms with E-state index < -0.39 is 11.7 Å². The number of nitrogens with two attached hydrogens (primary N) is 1. The fourth-order valence-corrected chi connectivity index (χ4v) is 2.86. The summed E-state index contributed by atoms with van der Waals surface area (Å²) in [5, 5.41) is 1.49. The number of para-hydroxylation sites is 1. The number of nitrogens with zero attached hydrogens (tertiary/aromatic N) is 2. The van der Waals surface area contributed by atoms with E-state index in [4.69, 9.17) is 22.2 Å². The van der Waals surface area contributed by atoms with E-state index in [2.05, 4.69) is 0 Å². The fraction of sp³-hybridized carbons (Fsp3) is 0.529. The minimum absolute atomic E-state index is 0.253. The van der Waals surface area contributed by atoms with Gasteiger partial charge in [0.25, 0.3) is 0 Å². The first-order valence-electron chi connectivity index (χ1n) is 8.00. The zero-order valence-corrected chi connectivity index (χ0v) is 15.0. The van der Waals surface area contributed by atoms with Gasteiger partial charge in [-0.3, -0.25) is 4.79 Å². The maximum absolute atomic E-state index is 12.7. The van der Waals surface area contributed by atoms with Crippen molar-refractivity contribution >= 4 is 29.3 Å². The number of hydrazine groups is 1.